The van der Waals surface area contributed by atoms with Crippen molar-refractivity contribution in [2.45, 2.75) is 17.3 Å². The fraction of sp³-hybridized carbons (Fsp3) is 0.800. The first kappa shape index (κ1) is 8.20. The van der Waals surface area contributed by atoms with Gasteiger partial charge in [0.05, 0.1) is 7.11 Å². The lowest BCUT2D eigenvalue weighted by atomic mass is 10.3. The van der Waals surface area contributed by atoms with E-state index in [1.54, 1.807) is 0 Å². The number of rotatable bonds is 2. The standard InChI is InChI=1S/C5H9IO2/c1-3-4(6)5(7)8-2/h4H,3H2,1-2H3. The Morgan fingerprint density at radius 2 is 2.38 bits per heavy atom. The van der Waals surface area contributed by atoms with Gasteiger partial charge < -0.3 is 4.74 Å². The third-order valence-corrected chi connectivity index (χ3v) is 2.20. The summed E-state index contributed by atoms with van der Waals surface area (Å²) in [7, 11) is 1.41. The summed E-state index contributed by atoms with van der Waals surface area (Å²) in [5, 5.41) is 0. The Bertz CT molecular complexity index is 82.5. The number of methoxy groups -OCH3 is 1. The summed E-state index contributed by atoms with van der Waals surface area (Å²) in [6, 6.07) is 0. The molecule has 0 spiro atoms. The molecule has 0 N–H and O–H groups in total. The van der Waals surface area contributed by atoms with Crippen LogP contribution in [0.15, 0.2) is 0 Å². The molecule has 0 amide bonds. The lowest BCUT2D eigenvalue weighted by Crippen LogP contribution is -2.13. The number of hydrogen-bond acceptors (Lipinski definition) is 2. The maximum Gasteiger partial charge on any atom is 0.318 e. The van der Waals surface area contributed by atoms with Crippen LogP contribution in [-0.4, -0.2) is 17.0 Å². The van der Waals surface area contributed by atoms with Crippen molar-refractivity contribution in [1.82, 2.24) is 0 Å². The molecular weight excluding hydrogens is 219 g/mol. The van der Waals surface area contributed by atoms with Gasteiger partial charge in [-0.3, -0.25) is 4.79 Å². The molecule has 0 fully saturated rings. The first-order valence-electron chi connectivity index (χ1n) is 2.44. The summed E-state index contributed by atoms with van der Waals surface area (Å²) < 4.78 is 4.48. The zero-order chi connectivity index (χ0) is 6.57. The Balaban J connectivity index is 3.46. The largest absolute Gasteiger partial charge is 0.468 e. The van der Waals surface area contributed by atoms with Crippen LogP contribution in [0.5, 0.6) is 0 Å². The SMILES string of the molecule is CCC(I)C(=O)OC. The maximum absolute atomic E-state index is 10.5. The second-order valence-electron chi connectivity index (χ2n) is 1.40. The van der Waals surface area contributed by atoms with Gasteiger partial charge in [0.15, 0.2) is 0 Å². The first-order chi connectivity index (χ1) is 3.72. The number of esters is 1. The van der Waals surface area contributed by atoms with E-state index < -0.39 is 0 Å². The van der Waals surface area contributed by atoms with Gasteiger partial charge in [-0.05, 0) is 6.42 Å². The van der Waals surface area contributed by atoms with Gasteiger partial charge in [0.1, 0.15) is 3.92 Å². The molecule has 0 aromatic rings. The van der Waals surface area contributed by atoms with Crippen molar-refractivity contribution in [2.24, 2.45) is 0 Å². The van der Waals surface area contributed by atoms with Gasteiger partial charge in [-0.2, -0.15) is 0 Å². The molecule has 8 heavy (non-hydrogen) atoms. The van der Waals surface area contributed by atoms with Crippen LogP contribution in [0, 0.1) is 0 Å². The van der Waals surface area contributed by atoms with Gasteiger partial charge in [-0.25, -0.2) is 0 Å². The zero-order valence-electron chi connectivity index (χ0n) is 4.98. The van der Waals surface area contributed by atoms with E-state index in [1.807, 2.05) is 6.92 Å². The highest BCUT2D eigenvalue weighted by Crippen LogP contribution is 2.05. The summed E-state index contributed by atoms with van der Waals surface area (Å²) in [5.41, 5.74) is 0. The average molecular weight is 228 g/mol. The minimum atomic E-state index is -0.131. The van der Waals surface area contributed by atoms with Gasteiger partial charge in [0.25, 0.3) is 0 Å². The smallest absolute Gasteiger partial charge is 0.318 e. The molecule has 0 rings (SSSR count). The van der Waals surface area contributed by atoms with Crippen molar-refractivity contribution in [2.75, 3.05) is 7.11 Å². The molecule has 0 aliphatic heterocycles. The molecular formula is C5H9IO2. The molecule has 0 bridgehead atoms. The number of alkyl halides is 1. The number of carbonyl (C=O) groups excluding carboxylic acids is 1. The highest BCUT2D eigenvalue weighted by atomic mass is 127. The predicted molar refractivity (Wildman–Crippen MR) is 40.1 cm³/mol. The Morgan fingerprint density at radius 1 is 1.88 bits per heavy atom. The second-order valence-corrected chi connectivity index (χ2v) is 2.90. The summed E-state index contributed by atoms with van der Waals surface area (Å²) in [6.45, 7) is 1.95. The van der Waals surface area contributed by atoms with Crippen LogP contribution in [0.2, 0.25) is 0 Å². The normalized spacial score (nSPS) is 12.9. The van der Waals surface area contributed by atoms with Crippen molar-refractivity contribution in [3.05, 3.63) is 0 Å². The van der Waals surface area contributed by atoms with Gasteiger partial charge in [0, 0.05) is 0 Å². The number of ether oxygens (including phenoxy) is 1. The Kier molecular flexibility index (Phi) is 4.22. The summed E-state index contributed by atoms with van der Waals surface area (Å²) in [6.07, 6.45) is 0.841. The molecule has 0 aromatic heterocycles. The van der Waals surface area contributed by atoms with Crippen molar-refractivity contribution < 1.29 is 9.53 Å². The summed E-state index contributed by atoms with van der Waals surface area (Å²) in [5.74, 6) is -0.131. The summed E-state index contributed by atoms with van der Waals surface area (Å²) >= 11 is 2.06. The van der Waals surface area contributed by atoms with E-state index >= 15 is 0 Å². The molecule has 2 nitrogen and oxygen atoms in total. The van der Waals surface area contributed by atoms with Crippen molar-refractivity contribution >= 4 is 28.6 Å². The zero-order valence-corrected chi connectivity index (χ0v) is 7.14. The predicted octanol–water partition coefficient (Wildman–Crippen LogP) is 1.37. The molecule has 0 aliphatic rings. The van der Waals surface area contributed by atoms with Crippen molar-refractivity contribution in [3.8, 4) is 0 Å². The molecule has 0 aromatic carbocycles. The van der Waals surface area contributed by atoms with Crippen LogP contribution in [-0.2, 0) is 9.53 Å². The molecule has 0 saturated carbocycles. The minimum absolute atomic E-state index is 0.0256. The number of carbonyl (C=O) groups is 1. The molecule has 0 saturated heterocycles. The second kappa shape index (κ2) is 4.12. The third-order valence-electron chi connectivity index (χ3n) is 0.815. The van der Waals surface area contributed by atoms with Crippen LogP contribution in [0.25, 0.3) is 0 Å². The third kappa shape index (κ3) is 2.49. The molecule has 0 radical (unpaired) electrons. The quantitative estimate of drug-likeness (QED) is 0.405. The lowest BCUT2D eigenvalue weighted by Gasteiger charge is -2.01. The first-order valence-corrected chi connectivity index (χ1v) is 3.68. The van der Waals surface area contributed by atoms with E-state index in [1.165, 1.54) is 7.11 Å². The molecule has 3 heteroatoms. The van der Waals surface area contributed by atoms with Crippen LogP contribution in [0.3, 0.4) is 0 Å². The van der Waals surface area contributed by atoms with E-state index in [0.717, 1.165) is 6.42 Å². The maximum atomic E-state index is 10.5. The minimum Gasteiger partial charge on any atom is -0.468 e. The fourth-order valence-corrected chi connectivity index (χ4v) is 0.549. The van der Waals surface area contributed by atoms with Crippen molar-refractivity contribution in [1.29, 1.82) is 0 Å². The Morgan fingerprint density at radius 3 is 2.50 bits per heavy atom. The van der Waals surface area contributed by atoms with Crippen LogP contribution >= 0.6 is 22.6 Å². The van der Waals surface area contributed by atoms with Crippen LogP contribution in [0.1, 0.15) is 13.3 Å². The fourth-order valence-electron chi connectivity index (χ4n) is 0.295. The highest BCUT2D eigenvalue weighted by Gasteiger charge is 2.10. The highest BCUT2D eigenvalue weighted by molar-refractivity contribution is 14.1. The number of hydrogen-bond donors (Lipinski definition) is 0. The Hall–Kier alpha value is 0.200. The van der Waals surface area contributed by atoms with Crippen LogP contribution in [0.4, 0.5) is 0 Å². The van der Waals surface area contributed by atoms with E-state index in [9.17, 15) is 4.79 Å². The van der Waals surface area contributed by atoms with E-state index in [4.69, 9.17) is 0 Å². The van der Waals surface area contributed by atoms with E-state index in [0.29, 0.717) is 0 Å². The topological polar surface area (TPSA) is 26.3 Å². The molecule has 1 unspecified atom stereocenters. The molecule has 0 aliphatic carbocycles. The average Bonchev–Trinajstić information content (AvgIpc) is 1.84. The van der Waals surface area contributed by atoms with Gasteiger partial charge in [-0.1, -0.05) is 29.5 Å². The Labute approximate surface area is 62.7 Å². The van der Waals surface area contributed by atoms with Crippen LogP contribution < -0.4 is 0 Å². The molecule has 48 valence electrons. The van der Waals surface area contributed by atoms with Gasteiger partial charge in [-0.15, -0.1) is 0 Å². The molecule has 1 atom stereocenters. The van der Waals surface area contributed by atoms with E-state index in [2.05, 4.69) is 27.3 Å². The monoisotopic (exact) mass is 228 g/mol. The van der Waals surface area contributed by atoms with Gasteiger partial charge in [0.2, 0.25) is 0 Å². The lowest BCUT2D eigenvalue weighted by molar-refractivity contribution is -0.139. The summed E-state index contributed by atoms with van der Waals surface area (Å²) in [4.78, 5) is 10.5. The van der Waals surface area contributed by atoms with Gasteiger partial charge >= 0.3 is 5.97 Å². The van der Waals surface area contributed by atoms with Crippen molar-refractivity contribution in [3.63, 3.8) is 0 Å². The molecule has 0 heterocycles. The number of halogens is 1. The van der Waals surface area contributed by atoms with E-state index in [-0.39, 0.29) is 9.89 Å².